The fraction of sp³-hybridized carbons (Fsp3) is 0.167. The average Bonchev–Trinajstić information content (AvgIpc) is 2.61. The molecule has 6 heteroatoms. The van der Waals surface area contributed by atoms with Gasteiger partial charge in [-0.3, -0.25) is 9.59 Å². The highest BCUT2D eigenvalue weighted by molar-refractivity contribution is 6.04. The van der Waals surface area contributed by atoms with Gasteiger partial charge in [-0.05, 0) is 29.8 Å². The van der Waals surface area contributed by atoms with E-state index in [1.54, 1.807) is 6.07 Å². The summed E-state index contributed by atoms with van der Waals surface area (Å²) in [4.78, 5) is 24.0. The second-order valence-electron chi connectivity index (χ2n) is 4.97. The van der Waals surface area contributed by atoms with E-state index in [0.29, 0.717) is 0 Å². The third-order valence-electron chi connectivity index (χ3n) is 3.22. The van der Waals surface area contributed by atoms with Crippen LogP contribution in [0.5, 0.6) is 5.75 Å². The van der Waals surface area contributed by atoms with E-state index >= 15 is 0 Å². The van der Waals surface area contributed by atoms with E-state index in [2.05, 4.69) is 5.32 Å². The molecular formula is C18H15FN2O3. The quantitative estimate of drug-likeness (QED) is 0.791. The Kier molecular flexibility index (Phi) is 6.03. The van der Waals surface area contributed by atoms with Gasteiger partial charge in [-0.2, -0.15) is 5.26 Å². The number of ether oxygens (including phenoxy) is 1. The molecule has 1 N–H and O–H groups in total. The number of carbonyl (C=O) groups excluding carboxylic acids is 2. The normalized spacial score (nSPS) is 11.2. The number of hydrogen-bond donors (Lipinski definition) is 1. The Morgan fingerprint density at radius 1 is 1.12 bits per heavy atom. The van der Waals surface area contributed by atoms with Crippen molar-refractivity contribution in [3.05, 3.63) is 66.0 Å². The maximum Gasteiger partial charge on any atom is 0.245 e. The molecule has 0 saturated heterocycles. The van der Waals surface area contributed by atoms with Crippen molar-refractivity contribution in [2.24, 2.45) is 5.92 Å². The summed E-state index contributed by atoms with van der Waals surface area (Å²) in [5.74, 6) is -2.93. The molecule has 1 amide bonds. The van der Waals surface area contributed by atoms with Gasteiger partial charge in [-0.15, -0.1) is 0 Å². The molecule has 0 bridgehead atoms. The summed E-state index contributed by atoms with van der Waals surface area (Å²) in [5.41, 5.74) is 0.859. The largest absolute Gasteiger partial charge is 0.486 e. The summed E-state index contributed by atoms with van der Waals surface area (Å²) in [5, 5.41) is 11.6. The van der Waals surface area contributed by atoms with Crippen LogP contribution in [-0.4, -0.2) is 18.3 Å². The van der Waals surface area contributed by atoms with Crippen molar-refractivity contribution >= 4 is 11.7 Å². The van der Waals surface area contributed by atoms with Crippen molar-refractivity contribution < 1.29 is 18.7 Å². The third-order valence-corrected chi connectivity index (χ3v) is 3.22. The number of nitriles is 1. The van der Waals surface area contributed by atoms with Crippen molar-refractivity contribution in [1.29, 1.82) is 5.26 Å². The molecule has 0 aliphatic heterocycles. The van der Waals surface area contributed by atoms with Crippen LogP contribution in [0.1, 0.15) is 5.56 Å². The number of nitrogens with zero attached hydrogens (tertiary/aromatic N) is 1. The van der Waals surface area contributed by atoms with Crippen LogP contribution in [-0.2, 0) is 16.1 Å². The van der Waals surface area contributed by atoms with Gasteiger partial charge in [0, 0.05) is 6.54 Å². The molecular weight excluding hydrogens is 311 g/mol. The Hall–Kier alpha value is -3.20. The Morgan fingerprint density at radius 2 is 1.79 bits per heavy atom. The summed E-state index contributed by atoms with van der Waals surface area (Å²) >= 11 is 0. The smallest absolute Gasteiger partial charge is 0.245 e. The van der Waals surface area contributed by atoms with Crippen LogP contribution in [0.15, 0.2) is 54.6 Å². The number of benzene rings is 2. The van der Waals surface area contributed by atoms with Crippen LogP contribution in [0.25, 0.3) is 0 Å². The summed E-state index contributed by atoms with van der Waals surface area (Å²) in [6.45, 7) is -0.216. The van der Waals surface area contributed by atoms with Gasteiger partial charge in [0.1, 0.15) is 18.2 Å². The van der Waals surface area contributed by atoms with Gasteiger partial charge in [-0.1, -0.05) is 30.3 Å². The van der Waals surface area contributed by atoms with Gasteiger partial charge in [0.05, 0.1) is 6.07 Å². The molecule has 2 aromatic rings. The Bertz CT molecular complexity index is 739. The number of carbonyl (C=O) groups is 2. The molecule has 24 heavy (non-hydrogen) atoms. The SMILES string of the molecule is N#CC(C(=O)COc1ccc(F)cc1)C(=O)NCc1ccccc1. The lowest BCUT2D eigenvalue weighted by molar-refractivity contribution is -0.132. The van der Waals surface area contributed by atoms with E-state index in [9.17, 15) is 14.0 Å². The van der Waals surface area contributed by atoms with E-state index in [-0.39, 0.29) is 12.3 Å². The topological polar surface area (TPSA) is 79.2 Å². The lowest BCUT2D eigenvalue weighted by atomic mass is 10.1. The minimum absolute atomic E-state index is 0.226. The zero-order valence-electron chi connectivity index (χ0n) is 12.7. The van der Waals surface area contributed by atoms with Gasteiger partial charge in [0.15, 0.2) is 11.7 Å². The Balaban J connectivity index is 1.87. The molecule has 1 unspecified atom stereocenters. The first-order valence-electron chi connectivity index (χ1n) is 7.22. The van der Waals surface area contributed by atoms with Crippen LogP contribution in [0, 0.1) is 23.1 Å². The summed E-state index contributed by atoms with van der Waals surface area (Å²) in [6, 6.07) is 15.9. The van der Waals surface area contributed by atoms with E-state index in [4.69, 9.17) is 10.00 Å². The number of amides is 1. The fourth-order valence-corrected chi connectivity index (χ4v) is 1.93. The minimum Gasteiger partial charge on any atom is -0.486 e. The predicted octanol–water partition coefficient (Wildman–Crippen LogP) is 2.23. The van der Waals surface area contributed by atoms with Crippen LogP contribution in [0.3, 0.4) is 0 Å². The number of hydrogen-bond acceptors (Lipinski definition) is 4. The van der Waals surface area contributed by atoms with Gasteiger partial charge in [0.2, 0.25) is 5.91 Å². The zero-order chi connectivity index (χ0) is 17.4. The van der Waals surface area contributed by atoms with Gasteiger partial charge in [-0.25, -0.2) is 4.39 Å². The lowest BCUT2D eigenvalue weighted by Crippen LogP contribution is -2.36. The summed E-state index contributed by atoms with van der Waals surface area (Å²) in [7, 11) is 0. The molecule has 0 radical (unpaired) electrons. The zero-order valence-corrected chi connectivity index (χ0v) is 12.7. The van der Waals surface area contributed by atoms with E-state index in [0.717, 1.165) is 5.56 Å². The monoisotopic (exact) mass is 326 g/mol. The van der Waals surface area contributed by atoms with Crippen LogP contribution in [0.2, 0.25) is 0 Å². The second-order valence-corrected chi connectivity index (χ2v) is 4.97. The molecule has 0 fully saturated rings. The maximum absolute atomic E-state index is 12.8. The Labute approximate surface area is 138 Å². The molecule has 0 saturated carbocycles. The average molecular weight is 326 g/mol. The molecule has 1 atom stereocenters. The van der Waals surface area contributed by atoms with E-state index in [1.807, 2.05) is 30.3 Å². The molecule has 0 spiro atoms. The number of ketones is 1. The molecule has 2 aromatic carbocycles. The maximum atomic E-state index is 12.8. The van der Waals surface area contributed by atoms with Crippen LogP contribution >= 0.6 is 0 Å². The highest BCUT2D eigenvalue weighted by atomic mass is 19.1. The van der Waals surface area contributed by atoms with E-state index in [1.165, 1.54) is 24.3 Å². The first-order valence-corrected chi connectivity index (χ1v) is 7.22. The van der Waals surface area contributed by atoms with Crippen molar-refractivity contribution in [3.8, 4) is 11.8 Å². The number of Topliss-reactive ketones (excluding diaryl/α,β-unsaturated/α-hetero) is 1. The molecule has 5 nitrogen and oxygen atoms in total. The number of rotatable bonds is 7. The third kappa shape index (κ3) is 4.92. The highest BCUT2D eigenvalue weighted by Crippen LogP contribution is 2.11. The molecule has 0 heterocycles. The van der Waals surface area contributed by atoms with Gasteiger partial charge in [0.25, 0.3) is 0 Å². The second kappa shape index (κ2) is 8.44. The van der Waals surface area contributed by atoms with Crippen molar-refractivity contribution in [1.82, 2.24) is 5.32 Å². The highest BCUT2D eigenvalue weighted by Gasteiger charge is 2.26. The van der Waals surface area contributed by atoms with Crippen molar-refractivity contribution in [2.45, 2.75) is 6.54 Å². The minimum atomic E-state index is -1.45. The predicted molar refractivity (Wildman–Crippen MR) is 84.3 cm³/mol. The standard InChI is InChI=1S/C18H15FN2O3/c19-14-6-8-15(9-7-14)24-12-17(22)16(10-20)18(23)21-11-13-4-2-1-3-5-13/h1-9,16H,11-12H2,(H,21,23). The molecule has 2 rings (SSSR count). The van der Waals surface area contributed by atoms with Crippen molar-refractivity contribution in [2.75, 3.05) is 6.61 Å². The first kappa shape index (κ1) is 17.2. The molecule has 0 aliphatic rings. The molecule has 122 valence electrons. The van der Waals surface area contributed by atoms with Gasteiger partial charge < -0.3 is 10.1 Å². The number of halogens is 1. The Morgan fingerprint density at radius 3 is 2.42 bits per heavy atom. The van der Waals surface area contributed by atoms with Crippen molar-refractivity contribution in [3.63, 3.8) is 0 Å². The summed E-state index contributed by atoms with van der Waals surface area (Å²) in [6.07, 6.45) is 0. The summed E-state index contributed by atoms with van der Waals surface area (Å²) < 4.78 is 18.0. The first-order chi connectivity index (χ1) is 11.6. The fourth-order valence-electron chi connectivity index (χ4n) is 1.93. The van der Waals surface area contributed by atoms with Gasteiger partial charge >= 0.3 is 0 Å². The van der Waals surface area contributed by atoms with Crippen LogP contribution < -0.4 is 10.1 Å². The van der Waals surface area contributed by atoms with E-state index < -0.39 is 30.0 Å². The lowest BCUT2D eigenvalue weighted by Gasteiger charge is -2.10. The number of nitrogens with one attached hydrogen (secondary N) is 1. The molecule has 0 aliphatic carbocycles. The molecule has 0 aromatic heterocycles. The van der Waals surface area contributed by atoms with Crippen LogP contribution in [0.4, 0.5) is 4.39 Å².